The number of esters is 1. The summed E-state index contributed by atoms with van der Waals surface area (Å²) in [5, 5.41) is 12.6. The summed E-state index contributed by atoms with van der Waals surface area (Å²) in [4.78, 5) is 30.3. The Bertz CT molecular complexity index is 1280. The molecule has 0 radical (unpaired) electrons. The molecular weight excluding hydrogens is 420 g/mol. The van der Waals surface area contributed by atoms with Crippen LogP contribution in [0, 0.1) is 5.92 Å². The number of aliphatic hydroxyl groups is 1. The number of pyridine rings is 1. The summed E-state index contributed by atoms with van der Waals surface area (Å²) >= 11 is 0. The number of rotatable bonds is 4. The molecule has 1 aromatic heterocycles. The first-order valence-corrected chi connectivity index (χ1v) is 11.8. The van der Waals surface area contributed by atoms with Crippen LogP contribution in [0.1, 0.15) is 52.0 Å². The predicted molar refractivity (Wildman–Crippen MR) is 120 cm³/mol. The normalized spacial score (nSPS) is 35.2. The summed E-state index contributed by atoms with van der Waals surface area (Å²) in [6.07, 6.45) is 4.39. The molecule has 7 rings (SSSR count). The van der Waals surface area contributed by atoms with Crippen molar-refractivity contribution in [2.75, 3.05) is 27.3 Å². The lowest BCUT2D eigenvalue weighted by Crippen LogP contribution is -2.75. The Kier molecular flexibility index (Phi) is 3.64. The number of hydrogen-bond donors (Lipinski definition) is 2. The first-order chi connectivity index (χ1) is 15.8. The molecule has 1 aromatic carbocycles. The lowest BCUT2D eigenvalue weighted by molar-refractivity contribution is -0.136. The van der Waals surface area contributed by atoms with Crippen molar-refractivity contribution in [3.8, 4) is 5.75 Å². The third-order valence-electron chi connectivity index (χ3n) is 9.30. The number of carbonyl (C=O) groups is 1. The molecule has 5 aliphatic rings. The largest absolute Gasteiger partial charge is 0.497 e. The van der Waals surface area contributed by atoms with Gasteiger partial charge in [-0.1, -0.05) is 6.07 Å². The molecule has 1 aliphatic heterocycles. The average Bonchev–Trinajstić information content (AvgIpc) is 3.53. The van der Waals surface area contributed by atoms with Gasteiger partial charge in [-0.3, -0.25) is 9.69 Å². The van der Waals surface area contributed by atoms with Gasteiger partial charge in [-0.25, -0.2) is 4.79 Å². The third kappa shape index (κ3) is 2.23. The van der Waals surface area contributed by atoms with Gasteiger partial charge >= 0.3 is 5.97 Å². The topological polar surface area (TPSA) is 91.9 Å². The number of ether oxygens (including phenoxy) is 2. The third-order valence-corrected chi connectivity index (χ3v) is 9.30. The van der Waals surface area contributed by atoms with Gasteiger partial charge in [0.2, 0.25) is 0 Å². The van der Waals surface area contributed by atoms with Crippen molar-refractivity contribution < 1.29 is 19.4 Å². The number of likely N-dealkylation sites (tertiary alicyclic amines) is 1. The molecule has 0 amide bonds. The van der Waals surface area contributed by atoms with Crippen LogP contribution in [0.3, 0.4) is 0 Å². The lowest BCUT2D eigenvalue weighted by atomic mass is 9.55. The Balaban J connectivity index is 1.42. The number of hydrogen-bond acceptors (Lipinski definition) is 6. The quantitative estimate of drug-likeness (QED) is 0.692. The van der Waals surface area contributed by atoms with Gasteiger partial charge in [-0.05, 0) is 60.1 Å². The van der Waals surface area contributed by atoms with E-state index in [0.717, 1.165) is 48.0 Å². The monoisotopic (exact) mass is 448 g/mol. The van der Waals surface area contributed by atoms with Gasteiger partial charge in [-0.15, -0.1) is 0 Å². The molecule has 2 N–H and O–H groups in total. The maximum absolute atomic E-state index is 12.7. The van der Waals surface area contributed by atoms with E-state index in [2.05, 4.69) is 22.0 Å². The maximum Gasteiger partial charge on any atom is 0.343 e. The molecular formula is C26H28N2O5. The highest BCUT2D eigenvalue weighted by atomic mass is 16.5. The Morgan fingerprint density at radius 1 is 1.21 bits per heavy atom. The van der Waals surface area contributed by atoms with Crippen molar-refractivity contribution in [3.63, 3.8) is 0 Å². The minimum absolute atomic E-state index is 0.000755. The van der Waals surface area contributed by atoms with Crippen LogP contribution < -0.4 is 10.3 Å². The van der Waals surface area contributed by atoms with E-state index < -0.39 is 22.5 Å². The van der Waals surface area contributed by atoms with Crippen LogP contribution in [0.4, 0.5) is 0 Å². The van der Waals surface area contributed by atoms with E-state index in [0.29, 0.717) is 12.8 Å². The van der Waals surface area contributed by atoms with Crippen LogP contribution in [0.25, 0.3) is 0 Å². The minimum atomic E-state index is -0.974. The number of fused-ring (bicyclic) bond motifs is 3. The van der Waals surface area contributed by atoms with Crippen molar-refractivity contribution in [2.24, 2.45) is 5.92 Å². The second-order valence-corrected chi connectivity index (χ2v) is 10.9. The van der Waals surface area contributed by atoms with E-state index >= 15 is 0 Å². The van der Waals surface area contributed by atoms with E-state index in [4.69, 9.17) is 9.47 Å². The average molecular weight is 449 g/mol. The zero-order valence-electron chi connectivity index (χ0n) is 18.9. The van der Waals surface area contributed by atoms with Gasteiger partial charge in [0.1, 0.15) is 11.3 Å². The Labute approximate surface area is 191 Å². The molecule has 172 valence electrons. The van der Waals surface area contributed by atoms with Gasteiger partial charge in [0.25, 0.3) is 5.56 Å². The van der Waals surface area contributed by atoms with Crippen LogP contribution in [0.2, 0.25) is 0 Å². The highest BCUT2D eigenvalue weighted by molar-refractivity contribution is 5.89. The molecule has 1 saturated heterocycles. The minimum Gasteiger partial charge on any atom is -0.497 e. The molecule has 2 bridgehead atoms. The summed E-state index contributed by atoms with van der Waals surface area (Å²) in [6, 6.07) is 8.02. The highest BCUT2D eigenvalue weighted by Crippen LogP contribution is 2.73. The van der Waals surface area contributed by atoms with Crippen molar-refractivity contribution in [1.82, 2.24) is 9.88 Å². The number of aromatic amines is 1. The zero-order valence-corrected chi connectivity index (χ0v) is 18.9. The van der Waals surface area contributed by atoms with Crippen LogP contribution >= 0.6 is 0 Å². The maximum atomic E-state index is 12.7. The number of nitrogens with one attached hydrogen (secondary N) is 1. The first kappa shape index (κ1) is 19.8. The van der Waals surface area contributed by atoms with Crippen molar-refractivity contribution >= 4 is 5.97 Å². The van der Waals surface area contributed by atoms with Crippen LogP contribution in [-0.2, 0) is 28.4 Å². The fourth-order valence-corrected chi connectivity index (χ4v) is 7.94. The van der Waals surface area contributed by atoms with Gasteiger partial charge in [0, 0.05) is 42.5 Å². The van der Waals surface area contributed by atoms with Gasteiger partial charge in [0.15, 0.2) is 0 Å². The molecule has 4 aliphatic carbocycles. The lowest BCUT2D eigenvalue weighted by Gasteiger charge is -2.62. The molecule has 2 heterocycles. The van der Waals surface area contributed by atoms with Crippen LogP contribution in [-0.4, -0.2) is 59.9 Å². The second kappa shape index (κ2) is 6.07. The Morgan fingerprint density at radius 2 is 2.03 bits per heavy atom. The molecule has 4 atom stereocenters. The Hall–Kier alpha value is -2.64. The molecule has 3 fully saturated rings. The van der Waals surface area contributed by atoms with E-state index in [-0.39, 0.29) is 17.0 Å². The summed E-state index contributed by atoms with van der Waals surface area (Å²) in [6.45, 7) is 2.01. The summed E-state index contributed by atoms with van der Waals surface area (Å²) in [5.74, 6) is 0.889. The number of nitrogens with zero attached hydrogens (tertiary/aromatic N) is 1. The number of aromatic nitrogens is 1. The molecule has 33 heavy (non-hydrogen) atoms. The number of carbonyl (C=O) groups excluding carboxylic acids is 1. The number of methoxy groups -OCH3 is 2. The predicted octanol–water partition coefficient (Wildman–Crippen LogP) is 1.69. The van der Waals surface area contributed by atoms with Crippen molar-refractivity contribution in [1.29, 1.82) is 0 Å². The molecule has 7 nitrogen and oxygen atoms in total. The number of H-pyrrole nitrogens is 1. The molecule has 4 unspecified atom stereocenters. The van der Waals surface area contributed by atoms with Crippen molar-refractivity contribution in [3.05, 3.63) is 62.6 Å². The number of benzene rings is 1. The molecule has 2 spiro atoms. The summed E-state index contributed by atoms with van der Waals surface area (Å²) in [7, 11) is 2.94. The van der Waals surface area contributed by atoms with E-state index in [1.807, 2.05) is 6.07 Å². The Morgan fingerprint density at radius 3 is 2.76 bits per heavy atom. The molecule has 7 heteroatoms. The van der Waals surface area contributed by atoms with E-state index in [9.17, 15) is 14.7 Å². The van der Waals surface area contributed by atoms with Crippen LogP contribution in [0.5, 0.6) is 5.75 Å². The SMILES string of the molecule is COC(=O)c1cc2c([nH]c1=O)CC13CC4(CN(CC5CC5)C4C1(O)C2)c1ccc(OC)cc13. The highest BCUT2D eigenvalue weighted by Gasteiger charge is 2.81. The van der Waals surface area contributed by atoms with E-state index in [1.54, 1.807) is 13.2 Å². The molecule has 2 aromatic rings. The van der Waals surface area contributed by atoms with Gasteiger partial charge in [0.05, 0.1) is 25.9 Å². The van der Waals surface area contributed by atoms with E-state index in [1.165, 1.54) is 25.5 Å². The summed E-state index contributed by atoms with van der Waals surface area (Å²) in [5.41, 5.74) is 2.19. The standard InChI is InChI=1S/C26H28N2O5/c1-32-16-5-6-18-19(8-16)25-10-20-15(7-17(21(29)27-20)22(30)33-2)9-26(25,31)23-24(18,12-25)13-28(23)11-14-3-4-14/h5-8,14,23,31H,3-4,9-13H2,1-2H3,(H,27,29). The van der Waals surface area contributed by atoms with Crippen LogP contribution in [0.15, 0.2) is 29.1 Å². The first-order valence-electron chi connectivity index (χ1n) is 11.8. The summed E-state index contributed by atoms with van der Waals surface area (Å²) < 4.78 is 10.4. The second-order valence-electron chi connectivity index (χ2n) is 10.9. The van der Waals surface area contributed by atoms with Crippen molar-refractivity contribution in [2.45, 2.75) is 54.6 Å². The van der Waals surface area contributed by atoms with Gasteiger partial charge < -0.3 is 19.6 Å². The zero-order chi connectivity index (χ0) is 22.8. The fraction of sp³-hybridized carbons (Fsp3) is 0.538. The molecule has 2 saturated carbocycles. The van der Waals surface area contributed by atoms with Gasteiger partial charge in [-0.2, -0.15) is 0 Å². The smallest absolute Gasteiger partial charge is 0.343 e. The fourth-order valence-electron chi connectivity index (χ4n) is 7.94.